The van der Waals surface area contributed by atoms with E-state index in [2.05, 4.69) is 29.5 Å². The SMILES string of the molecule is CCNC(=NCC(CCO)CC(C)C)NCCOC. The second-order valence-corrected chi connectivity index (χ2v) is 5.15. The fourth-order valence-corrected chi connectivity index (χ4v) is 1.97. The summed E-state index contributed by atoms with van der Waals surface area (Å²) in [5.74, 6) is 1.91. The zero-order valence-electron chi connectivity index (χ0n) is 12.9. The van der Waals surface area contributed by atoms with Crippen LogP contribution in [-0.2, 0) is 4.74 Å². The maximum atomic E-state index is 9.10. The van der Waals surface area contributed by atoms with Gasteiger partial charge in [-0.1, -0.05) is 13.8 Å². The Morgan fingerprint density at radius 1 is 1.32 bits per heavy atom. The first kappa shape index (κ1) is 18.2. The summed E-state index contributed by atoms with van der Waals surface area (Å²) in [6.45, 7) is 9.70. The fraction of sp³-hybridized carbons (Fsp3) is 0.929. The summed E-state index contributed by atoms with van der Waals surface area (Å²) in [5, 5.41) is 15.5. The smallest absolute Gasteiger partial charge is 0.191 e. The Balaban J connectivity index is 4.27. The molecule has 0 aliphatic heterocycles. The van der Waals surface area contributed by atoms with Gasteiger partial charge in [-0.2, -0.15) is 0 Å². The molecule has 0 rings (SSSR count). The first-order chi connectivity index (χ1) is 9.13. The molecule has 0 aliphatic rings. The summed E-state index contributed by atoms with van der Waals surface area (Å²) in [7, 11) is 1.69. The number of rotatable bonds is 10. The van der Waals surface area contributed by atoms with Gasteiger partial charge in [-0.05, 0) is 31.6 Å². The van der Waals surface area contributed by atoms with Crippen molar-refractivity contribution in [3.05, 3.63) is 0 Å². The van der Waals surface area contributed by atoms with Gasteiger partial charge in [0.05, 0.1) is 6.61 Å². The third kappa shape index (κ3) is 10.8. The topological polar surface area (TPSA) is 65.9 Å². The van der Waals surface area contributed by atoms with Gasteiger partial charge >= 0.3 is 0 Å². The second-order valence-electron chi connectivity index (χ2n) is 5.15. The standard InChI is InChI=1S/C14H31N3O2/c1-5-15-14(16-7-9-19-4)17-11-13(6-8-18)10-12(2)3/h12-13,18H,5-11H2,1-4H3,(H2,15,16,17). The summed E-state index contributed by atoms with van der Waals surface area (Å²) < 4.78 is 5.01. The van der Waals surface area contributed by atoms with E-state index in [9.17, 15) is 0 Å². The van der Waals surface area contributed by atoms with E-state index in [-0.39, 0.29) is 6.61 Å². The Kier molecular flexibility index (Phi) is 11.7. The number of hydrogen-bond donors (Lipinski definition) is 3. The summed E-state index contributed by atoms with van der Waals surface area (Å²) in [5.41, 5.74) is 0. The van der Waals surface area contributed by atoms with Gasteiger partial charge in [0.1, 0.15) is 0 Å². The Hall–Kier alpha value is -0.810. The predicted molar refractivity (Wildman–Crippen MR) is 80.5 cm³/mol. The molecule has 1 unspecified atom stereocenters. The van der Waals surface area contributed by atoms with Crippen molar-refractivity contribution >= 4 is 5.96 Å². The van der Waals surface area contributed by atoms with Crippen molar-refractivity contribution in [1.29, 1.82) is 0 Å². The Morgan fingerprint density at radius 3 is 2.58 bits per heavy atom. The second kappa shape index (κ2) is 12.2. The number of aliphatic imine (C=N–C) groups is 1. The minimum absolute atomic E-state index is 0.237. The molecule has 0 radical (unpaired) electrons. The van der Waals surface area contributed by atoms with Crippen LogP contribution in [0, 0.1) is 11.8 Å². The molecule has 0 fully saturated rings. The van der Waals surface area contributed by atoms with Gasteiger partial charge in [-0.25, -0.2) is 0 Å². The maximum absolute atomic E-state index is 9.10. The largest absolute Gasteiger partial charge is 0.396 e. The van der Waals surface area contributed by atoms with E-state index in [0.717, 1.165) is 38.4 Å². The van der Waals surface area contributed by atoms with Gasteiger partial charge in [-0.15, -0.1) is 0 Å². The van der Waals surface area contributed by atoms with Crippen molar-refractivity contribution in [3.63, 3.8) is 0 Å². The molecule has 0 aromatic carbocycles. The van der Waals surface area contributed by atoms with Gasteiger partial charge in [-0.3, -0.25) is 4.99 Å². The van der Waals surface area contributed by atoms with Crippen molar-refractivity contribution in [3.8, 4) is 0 Å². The van der Waals surface area contributed by atoms with Gasteiger partial charge in [0.2, 0.25) is 0 Å². The van der Waals surface area contributed by atoms with Crippen molar-refractivity contribution in [2.75, 3.05) is 40.0 Å². The van der Waals surface area contributed by atoms with Crippen LogP contribution in [0.5, 0.6) is 0 Å². The van der Waals surface area contributed by atoms with Crippen LogP contribution in [0.1, 0.15) is 33.6 Å². The Bertz CT molecular complexity index is 233. The summed E-state index contributed by atoms with van der Waals surface area (Å²) in [6, 6.07) is 0. The van der Waals surface area contributed by atoms with E-state index in [1.54, 1.807) is 7.11 Å². The van der Waals surface area contributed by atoms with Crippen molar-refractivity contribution in [2.45, 2.75) is 33.6 Å². The summed E-state index contributed by atoms with van der Waals surface area (Å²) in [6.07, 6.45) is 1.92. The molecule has 5 nitrogen and oxygen atoms in total. The molecule has 0 heterocycles. The van der Waals surface area contributed by atoms with Gasteiger partial charge < -0.3 is 20.5 Å². The number of ether oxygens (including phenoxy) is 1. The van der Waals surface area contributed by atoms with E-state index in [0.29, 0.717) is 18.4 Å². The number of guanidine groups is 1. The normalized spacial score (nSPS) is 13.7. The van der Waals surface area contributed by atoms with Crippen LogP contribution < -0.4 is 10.6 Å². The molecule has 0 bridgehead atoms. The molecular weight excluding hydrogens is 242 g/mol. The number of aliphatic hydroxyl groups is 1. The van der Waals surface area contributed by atoms with E-state index >= 15 is 0 Å². The lowest BCUT2D eigenvalue weighted by Gasteiger charge is -2.17. The predicted octanol–water partition coefficient (Wildman–Crippen LogP) is 1.23. The molecule has 0 aromatic heterocycles. The van der Waals surface area contributed by atoms with Gasteiger partial charge in [0.15, 0.2) is 5.96 Å². The lowest BCUT2D eigenvalue weighted by Crippen LogP contribution is -2.39. The van der Waals surface area contributed by atoms with Crippen LogP contribution in [0.2, 0.25) is 0 Å². The number of nitrogens with zero attached hydrogens (tertiary/aromatic N) is 1. The van der Waals surface area contributed by atoms with Crippen molar-refractivity contribution < 1.29 is 9.84 Å². The monoisotopic (exact) mass is 273 g/mol. The molecule has 0 spiro atoms. The zero-order chi connectivity index (χ0) is 14.5. The summed E-state index contributed by atoms with van der Waals surface area (Å²) >= 11 is 0. The average Bonchev–Trinajstić information content (AvgIpc) is 2.35. The van der Waals surface area contributed by atoms with E-state index in [1.807, 2.05) is 6.92 Å². The first-order valence-electron chi connectivity index (χ1n) is 7.25. The quantitative estimate of drug-likeness (QED) is 0.318. The highest BCUT2D eigenvalue weighted by molar-refractivity contribution is 5.79. The van der Waals surface area contributed by atoms with Crippen LogP contribution >= 0.6 is 0 Å². The van der Waals surface area contributed by atoms with Crippen LogP contribution in [0.4, 0.5) is 0 Å². The molecule has 5 heteroatoms. The summed E-state index contributed by atoms with van der Waals surface area (Å²) in [4.78, 5) is 4.59. The van der Waals surface area contributed by atoms with E-state index < -0.39 is 0 Å². The van der Waals surface area contributed by atoms with Gasteiger partial charge in [0, 0.05) is 33.4 Å². The molecule has 0 saturated heterocycles. The molecule has 114 valence electrons. The van der Waals surface area contributed by atoms with Crippen LogP contribution in [0.25, 0.3) is 0 Å². The molecule has 0 aliphatic carbocycles. The molecule has 0 aromatic rings. The Labute approximate surface area is 117 Å². The molecule has 0 saturated carbocycles. The highest BCUT2D eigenvalue weighted by atomic mass is 16.5. The lowest BCUT2D eigenvalue weighted by molar-refractivity contribution is 0.203. The number of aliphatic hydroxyl groups excluding tert-OH is 1. The van der Waals surface area contributed by atoms with Crippen molar-refractivity contribution in [1.82, 2.24) is 10.6 Å². The molecular formula is C14H31N3O2. The minimum Gasteiger partial charge on any atom is -0.396 e. The highest BCUT2D eigenvalue weighted by Crippen LogP contribution is 2.15. The first-order valence-corrected chi connectivity index (χ1v) is 7.25. The zero-order valence-corrected chi connectivity index (χ0v) is 12.9. The Morgan fingerprint density at radius 2 is 2.05 bits per heavy atom. The number of nitrogens with one attached hydrogen (secondary N) is 2. The lowest BCUT2D eigenvalue weighted by atomic mass is 9.94. The van der Waals surface area contributed by atoms with E-state index in [4.69, 9.17) is 9.84 Å². The van der Waals surface area contributed by atoms with Crippen LogP contribution in [-0.4, -0.2) is 51.0 Å². The molecule has 19 heavy (non-hydrogen) atoms. The highest BCUT2D eigenvalue weighted by Gasteiger charge is 2.10. The van der Waals surface area contributed by atoms with Crippen LogP contribution in [0.3, 0.4) is 0 Å². The molecule has 1 atom stereocenters. The third-order valence-corrected chi connectivity index (χ3v) is 2.79. The number of hydrogen-bond acceptors (Lipinski definition) is 3. The van der Waals surface area contributed by atoms with Crippen LogP contribution in [0.15, 0.2) is 4.99 Å². The molecule has 3 N–H and O–H groups in total. The fourth-order valence-electron chi connectivity index (χ4n) is 1.97. The molecule has 0 amide bonds. The van der Waals surface area contributed by atoms with Gasteiger partial charge in [0.25, 0.3) is 0 Å². The van der Waals surface area contributed by atoms with E-state index in [1.165, 1.54) is 0 Å². The minimum atomic E-state index is 0.237. The maximum Gasteiger partial charge on any atom is 0.191 e. The number of methoxy groups -OCH3 is 1. The third-order valence-electron chi connectivity index (χ3n) is 2.79. The van der Waals surface area contributed by atoms with Crippen molar-refractivity contribution in [2.24, 2.45) is 16.8 Å². The average molecular weight is 273 g/mol.